The van der Waals surface area contributed by atoms with Crippen molar-refractivity contribution < 1.29 is 4.39 Å². The van der Waals surface area contributed by atoms with Gasteiger partial charge in [0.1, 0.15) is 5.82 Å². The van der Waals surface area contributed by atoms with Crippen LogP contribution in [0, 0.1) is 11.7 Å². The van der Waals surface area contributed by atoms with Gasteiger partial charge in [0.25, 0.3) is 0 Å². The summed E-state index contributed by atoms with van der Waals surface area (Å²) >= 11 is 3.13. The van der Waals surface area contributed by atoms with Crippen LogP contribution in [0.5, 0.6) is 0 Å². The Morgan fingerprint density at radius 1 is 1.50 bits per heavy atom. The van der Waals surface area contributed by atoms with E-state index in [-0.39, 0.29) is 11.9 Å². The van der Waals surface area contributed by atoms with Crippen molar-refractivity contribution in [3.8, 4) is 0 Å². The summed E-state index contributed by atoms with van der Waals surface area (Å²) in [6, 6.07) is 5.12. The van der Waals surface area contributed by atoms with Gasteiger partial charge in [-0.2, -0.15) is 0 Å². The minimum atomic E-state index is -0.228. The smallest absolute Gasteiger partial charge is 0.137 e. The zero-order valence-electron chi connectivity index (χ0n) is 7.84. The molecule has 0 aromatic heterocycles. The second kappa shape index (κ2) is 3.99. The molecule has 1 atom stereocenters. The van der Waals surface area contributed by atoms with Crippen molar-refractivity contribution in [2.45, 2.75) is 25.3 Å². The van der Waals surface area contributed by atoms with Crippen LogP contribution in [-0.2, 0) is 0 Å². The third kappa shape index (κ3) is 2.34. The predicted octanol–water partition coefficient (Wildman–Crippen LogP) is 3.39. The SMILES string of the molecule is N[C@H](CC1CC1)c1ccc(Br)c(F)c1. The van der Waals surface area contributed by atoms with Crippen molar-refractivity contribution in [3.63, 3.8) is 0 Å². The average molecular weight is 258 g/mol. The van der Waals surface area contributed by atoms with Gasteiger partial charge in [-0.1, -0.05) is 18.9 Å². The van der Waals surface area contributed by atoms with Gasteiger partial charge in [0, 0.05) is 6.04 Å². The first-order valence-electron chi connectivity index (χ1n) is 4.87. The van der Waals surface area contributed by atoms with Crippen LogP contribution in [0.2, 0.25) is 0 Å². The van der Waals surface area contributed by atoms with Crippen molar-refractivity contribution in [1.82, 2.24) is 0 Å². The highest BCUT2D eigenvalue weighted by atomic mass is 79.9. The molecule has 0 saturated heterocycles. The van der Waals surface area contributed by atoms with E-state index in [1.165, 1.54) is 18.9 Å². The first kappa shape index (κ1) is 10.1. The minimum absolute atomic E-state index is 0.00917. The molecule has 0 amide bonds. The minimum Gasteiger partial charge on any atom is -0.324 e. The van der Waals surface area contributed by atoms with Gasteiger partial charge in [-0.05, 0) is 46.0 Å². The van der Waals surface area contributed by atoms with Crippen LogP contribution in [0.25, 0.3) is 0 Å². The van der Waals surface area contributed by atoms with E-state index in [0.717, 1.165) is 17.9 Å². The lowest BCUT2D eigenvalue weighted by Crippen LogP contribution is -2.11. The van der Waals surface area contributed by atoms with Crippen molar-refractivity contribution in [2.75, 3.05) is 0 Å². The lowest BCUT2D eigenvalue weighted by atomic mass is 10.0. The van der Waals surface area contributed by atoms with E-state index in [9.17, 15) is 4.39 Å². The molecule has 1 aromatic rings. The summed E-state index contributed by atoms with van der Waals surface area (Å²) in [7, 11) is 0. The molecule has 0 aliphatic heterocycles. The molecule has 1 nitrogen and oxygen atoms in total. The average Bonchev–Trinajstić information content (AvgIpc) is 2.93. The van der Waals surface area contributed by atoms with Gasteiger partial charge in [-0.15, -0.1) is 0 Å². The molecule has 1 fully saturated rings. The van der Waals surface area contributed by atoms with Crippen LogP contribution in [0.15, 0.2) is 22.7 Å². The van der Waals surface area contributed by atoms with Crippen LogP contribution in [-0.4, -0.2) is 0 Å². The third-order valence-corrected chi connectivity index (χ3v) is 3.30. The van der Waals surface area contributed by atoms with Crippen LogP contribution in [0.4, 0.5) is 4.39 Å². The van der Waals surface area contributed by atoms with Crippen molar-refractivity contribution in [1.29, 1.82) is 0 Å². The molecule has 1 aromatic carbocycles. The summed E-state index contributed by atoms with van der Waals surface area (Å²) in [6.07, 6.45) is 3.56. The van der Waals surface area contributed by atoms with Crippen molar-refractivity contribution in [3.05, 3.63) is 34.1 Å². The molecule has 1 aliphatic rings. The lowest BCUT2D eigenvalue weighted by molar-refractivity contribution is 0.581. The van der Waals surface area contributed by atoms with Crippen LogP contribution < -0.4 is 5.73 Å². The first-order chi connectivity index (χ1) is 6.66. The summed E-state index contributed by atoms with van der Waals surface area (Å²) in [6.45, 7) is 0. The molecule has 2 N–H and O–H groups in total. The quantitative estimate of drug-likeness (QED) is 0.883. The summed E-state index contributed by atoms with van der Waals surface area (Å²) < 4.78 is 13.7. The topological polar surface area (TPSA) is 26.0 Å². The second-order valence-electron chi connectivity index (χ2n) is 3.96. The number of hydrogen-bond donors (Lipinski definition) is 1. The third-order valence-electron chi connectivity index (χ3n) is 2.66. The Balaban J connectivity index is 2.10. The van der Waals surface area contributed by atoms with E-state index >= 15 is 0 Å². The maximum Gasteiger partial charge on any atom is 0.137 e. The van der Waals surface area contributed by atoms with E-state index < -0.39 is 0 Å². The van der Waals surface area contributed by atoms with E-state index in [4.69, 9.17) is 5.73 Å². The highest BCUT2D eigenvalue weighted by molar-refractivity contribution is 9.10. The highest BCUT2D eigenvalue weighted by Crippen LogP contribution is 2.37. The number of nitrogens with two attached hydrogens (primary N) is 1. The molecule has 76 valence electrons. The number of halogens is 2. The Morgan fingerprint density at radius 3 is 2.79 bits per heavy atom. The Morgan fingerprint density at radius 2 is 2.21 bits per heavy atom. The molecular weight excluding hydrogens is 245 g/mol. The summed E-state index contributed by atoms with van der Waals surface area (Å²) in [4.78, 5) is 0. The molecule has 2 rings (SSSR count). The molecule has 1 aliphatic carbocycles. The van der Waals surface area contributed by atoms with E-state index in [2.05, 4.69) is 15.9 Å². The van der Waals surface area contributed by atoms with Gasteiger partial charge in [-0.25, -0.2) is 4.39 Å². The monoisotopic (exact) mass is 257 g/mol. The second-order valence-corrected chi connectivity index (χ2v) is 4.81. The molecule has 0 heterocycles. The fraction of sp³-hybridized carbons (Fsp3) is 0.455. The number of rotatable bonds is 3. The molecule has 1 saturated carbocycles. The zero-order chi connectivity index (χ0) is 10.1. The lowest BCUT2D eigenvalue weighted by Gasteiger charge is -2.11. The molecule has 0 bridgehead atoms. The Kier molecular flexibility index (Phi) is 2.88. The van der Waals surface area contributed by atoms with Gasteiger partial charge in [0.15, 0.2) is 0 Å². The Labute approximate surface area is 91.6 Å². The van der Waals surface area contributed by atoms with Gasteiger partial charge >= 0.3 is 0 Å². The van der Waals surface area contributed by atoms with E-state index in [1.54, 1.807) is 6.07 Å². The fourth-order valence-electron chi connectivity index (χ4n) is 1.59. The van der Waals surface area contributed by atoms with Crippen molar-refractivity contribution in [2.24, 2.45) is 11.7 Å². The predicted molar refractivity (Wildman–Crippen MR) is 58.4 cm³/mol. The largest absolute Gasteiger partial charge is 0.324 e. The molecule has 14 heavy (non-hydrogen) atoms. The molecule has 0 radical (unpaired) electrons. The van der Waals surface area contributed by atoms with E-state index in [0.29, 0.717) is 4.47 Å². The Hall–Kier alpha value is -0.410. The van der Waals surface area contributed by atoms with Crippen LogP contribution >= 0.6 is 15.9 Å². The van der Waals surface area contributed by atoms with Crippen LogP contribution in [0.3, 0.4) is 0 Å². The zero-order valence-corrected chi connectivity index (χ0v) is 9.43. The summed E-state index contributed by atoms with van der Waals surface area (Å²) in [5.74, 6) is 0.547. The highest BCUT2D eigenvalue weighted by Gasteiger charge is 2.24. The maximum atomic E-state index is 13.2. The molecular formula is C11H13BrFN. The summed E-state index contributed by atoms with van der Waals surface area (Å²) in [5, 5.41) is 0. The van der Waals surface area contributed by atoms with Crippen LogP contribution in [0.1, 0.15) is 30.9 Å². The first-order valence-corrected chi connectivity index (χ1v) is 5.66. The van der Waals surface area contributed by atoms with Gasteiger partial charge in [0.05, 0.1) is 4.47 Å². The molecule has 0 spiro atoms. The molecule has 3 heteroatoms. The number of benzene rings is 1. The van der Waals surface area contributed by atoms with Crippen molar-refractivity contribution >= 4 is 15.9 Å². The Bertz CT molecular complexity index is 336. The standard InChI is InChI=1S/C11H13BrFN/c12-9-4-3-8(6-10(9)13)11(14)5-7-1-2-7/h3-4,6-7,11H,1-2,5,14H2/t11-/m1/s1. The number of hydrogen-bond acceptors (Lipinski definition) is 1. The van der Waals surface area contributed by atoms with E-state index in [1.807, 2.05) is 6.07 Å². The van der Waals surface area contributed by atoms with Gasteiger partial charge in [-0.3, -0.25) is 0 Å². The van der Waals surface area contributed by atoms with Gasteiger partial charge < -0.3 is 5.73 Å². The molecule has 0 unspecified atom stereocenters. The van der Waals surface area contributed by atoms with Gasteiger partial charge in [0.2, 0.25) is 0 Å². The maximum absolute atomic E-state index is 13.2. The fourth-order valence-corrected chi connectivity index (χ4v) is 1.84. The normalized spacial score (nSPS) is 18.2. The summed E-state index contributed by atoms with van der Waals surface area (Å²) in [5.41, 5.74) is 6.87.